The van der Waals surface area contributed by atoms with Crippen molar-refractivity contribution in [3.8, 4) is 0 Å². The van der Waals surface area contributed by atoms with Crippen LogP contribution in [0.5, 0.6) is 0 Å². The molecule has 2 heteroatoms. The third-order valence-electron chi connectivity index (χ3n) is 4.38. The molecule has 2 nitrogen and oxygen atoms in total. The van der Waals surface area contributed by atoms with E-state index < -0.39 is 0 Å². The second-order valence-electron chi connectivity index (χ2n) is 6.52. The van der Waals surface area contributed by atoms with Gasteiger partial charge in [-0.05, 0) is 44.2 Å². The Morgan fingerprint density at radius 1 is 1.16 bits per heavy atom. The molecule has 25 heavy (non-hydrogen) atoms. The molecule has 1 aromatic carbocycles. The molecule has 0 amide bonds. The summed E-state index contributed by atoms with van der Waals surface area (Å²) in [4.78, 5) is 4.51. The van der Waals surface area contributed by atoms with E-state index in [1.54, 1.807) is 6.20 Å². The lowest BCUT2D eigenvalue weighted by atomic mass is 9.93. The molecule has 1 aromatic rings. The SMILES string of the molecule is C=C/N=C(\C=C/C)C(NC(=C)C(CCC)CCC)c1ccc(C)cc1. The van der Waals surface area contributed by atoms with Crippen molar-refractivity contribution in [2.24, 2.45) is 10.9 Å². The molecule has 0 radical (unpaired) electrons. The van der Waals surface area contributed by atoms with Crippen LogP contribution in [0, 0.1) is 12.8 Å². The molecule has 0 fully saturated rings. The molecule has 0 bridgehead atoms. The Labute approximate surface area is 154 Å². The number of hydrogen-bond acceptors (Lipinski definition) is 2. The summed E-state index contributed by atoms with van der Waals surface area (Å²) in [6.07, 6.45) is 10.3. The number of aryl methyl sites for hydroxylation is 1. The summed E-state index contributed by atoms with van der Waals surface area (Å²) in [6, 6.07) is 8.60. The van der Waals surface area contributed by atoms with Crippen molar-refractivity contribution in [2.75, 3.05) is 0 Å². The van der Waals surface area contributed by atoms with E-state index in [2.05, 4.69) is 68.5 Å². The predicted octanol–water partition coefficient (Wildman–Crippen LogP) is 6.52. The van der Waals surface area contributed by atoms with E-state index in [0.29, 0.717) is 5.92 Å². The van der Waals surface area contributed by atoms with Crippen LogP contribution in [0.25, 0.3) is 0 Å². The molecule has 0 spiro atoms. The second-order valence-corrected chi connectivity index (χ2v) is 6.52. The number of hydrogen-bond donors (Lipinski definition) is 1. The van der Waals surface area contributed by atoms with Gasteiger partial charge in [0.2, 0.25) is 0 Å². The van der Waals surface area contributed by atoms with Crippen molar-refractivity contribution in [1.29, 1.82) is 0 Å². The summed E-state index contributed by atoms with van der Waals surface area (Å²) >= 11 is 0. The first-order valence-electron chi connectivity index (χ1n) is 9.40. The molecule has 0 aliphatic rings. The van der Waals surface area contributed by atoms with Crippen molar-refractivity contribution >= 4 is 5.71 Å². The minimum Gasteiger partial charge on any atom is -0.376 e. The number of benzene rings is 1. The molecule has 1 unspecified atom stereocenters. The maximum Gasteiger partial charge on any atom is 0.0937 e. The van der Waals surface area contributed by atoms with Crippen LogP contribution in [0.2, 0.25) is 0 Å². The van der Waals surface area contributed by atoms with Gasteiger partial charge in [0.05, 0.1) is 11.8 Å². The van der Waals surface area contributed by atoms with Gasteiger partial charge in [-0.25, -0.2) is 0 Å². The maximum atomic E-state index is 4.51. The van der Waals surface area contributed by atoms with Crippen LogP contribution in [0.15, 0.2) is 66.5 Å². The van der Waals surface area contributed by atoms with Gasteiger partial charge in [0, 0.05) is 11.9 Å². The zero-order valence-corrected chi connectivity index (χ0v) is 16.4. The van der Waals surface area contributed by atoms with Gasteiger partial charge in [-0.3, -0.25) is 4.99 Å². The van der Waals surface area contributed by atoms with Gasteiger partial charge in [-0.1, -0.05) is 75.8 Å². The maximum absolute atomic E-state index is 4.51. The van der Waals surface area contributed by atoms with Crippen LogP contribution < -0.4 is 5.32 Å². The molecule has 0 aliphatic heterocycles. The number of aliphatic imine (C=N–C) groups is 1. The Hall–Kier alpha value is -2.09. The lowest BCUT2D eigenvalue weighted by Crippen LogP contribution is -2.30. The van der Waals surface area contributed by atoms with E-state index in [-0.39, 0.29) is 6.04 Å². The largest absolute Gasteiger partial charge is 0.376 e. The Bertz CT molecular complexity index is 587. The molecule has 136 valence electrons. The first-order valence-corrected chi connectivity index (χ1v) is 9.40. The van der Waals surface area contributed by atoms with Crippen molar-refractivity contribution < 1.29 is 0 Å². The Morgan fingerprint density at radius 3 is 2.24 bits per heavy atom. The van der Waals surface area contributed by atoms with Crippen LogP contribution in [0.4, 0.5) is 0 Å². The van der Waals surface area contributed by atoms with Gasteiger partial charge in [0.15, 0.2) is 0 Å². The van der Waals surface area contributed by atoms with E-state index in [0.717, 1.165) is 24.3 Å². The van der Waals surface area contributed by atoms with Gasteiger partial charge >= 0.3 is 0 Å². The van der Waals surface area contributed by atoms with Crippen LogP contribution in [0.3, 0.4) is 0 Å². The predicted molar refractivity (Wildman–Crippen MR) is 112 cm³/mol. The van der Waals surface area contributed by atoms with Gasteiger partial charge in [0.1, 0.15) is 0 Å². The molecule has 0 saturated carbocycles. The molecule has 0 aromatic heterocycles. The third-order valence-corrected chi connectivity index (χ3v) is 4.38. The minimum absolute atomic E-state index is 0.0153. The van der Waals surface area contributed by atoms with Gasteiger partial charge in [0.25, 0.3) is 0 Å². The minimum atomic E-state index is -0.0153. The highest BCUT2D eigenvalue weighted by Crippen LogP contribution is 2.25. The third kappa shape index (κ3) is 6.74. The zero-order valence-electron chi connectivity index (χ0n) is 16.4. The van der Waals surface area contributed by atoms with Crippen molar-refractivity contribution in [3.63, 3.8) is 0 Å². The first kappa shape index (κ1) is 21.0. The van der Waals surface area contributed by atoms with Crippen molar-refractivity contribution in [1.82, 2.24) is 5.32 Å². The quantitative estimate of drug-likeness (QED) is 0.456. The molecular weight excluding hydrogens is 304 g/mol. The highest BCUT2D eigenvalue weighted by Gasteiger charge is 2.20. The van der Waals surface area contributed by atoms with Crippen molar-refractivity contribution in [3.05, 3.63) is 72.6 Å². The van der Waals surface area contributed by atoms with E-state index in [1.165, 1.54) is 24.0 Å². The number of nitrogens with zero attached hydrogens (tertiary/aromatic N) is 1. The lowest BCUT2D eigenvalue weighted by Gasteiger charge is -2.27. The van der Waals surface area contributed by atoms with Crippen molar-refractivity contribution in [2.45, 2.75) is 59.4 Å². The number of nitrogens with one attached hydrogen (secondary N) is 1. The molecule has 0 aliphatic carbocycles. The fourth-order valence-corrected chi connectivity index (χ4v) is 3.07. The van der Waals surface area contributed by atoms with Crippen LogP contribution in [-0.2, 0) is 0 Å². The Kier molecular flexibility index (Phi) is 9.61. The standard InChI is InChI=1S/C23H34N2/c1-7-11-20(12-8-2)19(6)25-23(22(13-9-3)24-10-4)21-16-14-18(5)15-17-21/h9-10,13-17,20,23,25H,4,6-8,11-12H2,1-3,5H3/b13-9-,24-22+. The van der Waals surface area contributed by atoms with E-state index in [1.807, 2.05) is 19.1 Å². The molecule has 1 rings (SSSR count). The molecule has 1 atom stereocenters. The summed E-state index contributed by atoms with van der Waals surface area (Å²) in [5.41, 5.74) is 4.51. The lowest BCUT2D eigenvalue weighted by molar-refractivity contribution is 0.468. The van der Waals surface area contributed by atoms with Gasteiger partial charge in [-0.15, -0.1) is 0 Å². The van der Waals surface area contributed by atoms with Crippen LogP contribution >= 0.6 is 0 Å². The Balaban J connectivity index is 3.17. The first-order chi connectivity index (χ1) is 12.1. The van der Waals surface area contributed by atoms with E-state index in [4.69, 9.17) is 0 Å². The Morgan fingerprint density at radius 2 is 1.76 bits per heavy atom. The smallest absolute Gasteiger partial charge is 0.0937 e. The molecule has 0 saturated heterocycles. The molecular formula is C23H34N2. The fourth-order valence-electron chi connectivity index (χ4n) is 3.07. The normalized spacial score (nSPS) is 13.2. The summed E-state index contributed by atoms with van der Waals surface area (Å²) < 4.78 is 0. The van der Waals surface area contributed by atoms with Crippen LogP contribution in [-0.4, -0.2) is 5.71 Å². The summed E-state index contributed by atoms with van der Waals surface area (Å²) in [6.45, 7) is 16.7. The van der Waals surface area contributed by atoms with E-state index >= 15 is 0 Å². The van der Waals surface area contributed by atoms with Gasteiger partial charge in [-0.2, -0.15) is 0 Å². The highest BCUT2D eigenvalue weighted by molar-refractivity contribution is 6.00. The van der Waals surface area contributed by atoms with Gasteiger partial charge < -0.3 is 5.32 Å². The summed E-state index contributed by atoms with van der Waals surface area (Å²) in [7, 11) is 0. The summed E-state index contributed by atoms with van der Waals surface area (Å²) in [5.74, 6) is 0.499. The summed E-state index contributed by atoms with van der Waals surface area (Å²) in [5, 5.41) is 3.67. The topological polar surface area (TPSA) is 24.4 Å². The van der Waals surface area contributed by atoms with E-state index in [9.17, 15) is 0 Å². The molecule has 0 heterocycles. The second kappa shape index (κ2) is 11.5. The molecule has 1 N–H and O–H groups in total. The fraction of sp³-hybridized carbons (Fsp3) is 0.435. The number of rotatable bonds is 11. The van der Waals surface area contributed by atoms with Crippen LogP contribution in [0.1, 0.15) is 63.6 Å². The highest BCUT2D eigenvalue weighted by atomic mass is 15.0. The zero-order chi connectivity index (χ0) is 18.7. The monoisotopic (exact) mass is 338 g/mol. The number of allylic oxidation sites excluding steroid dienone is 2. The average Bonchev–Trinajstić information content (AvgIpc) is 2.60. The average molecular weight is 339 g/mol.